The van der Waals surface area contributed by atoms with Gasteiger partial charge in [-0.1, -0.05) is 51.2 Å². The van der Waals surface area contributed by atoms with Crippen molar-refractivity contribution in [3.8, 4) is 16.9 Å². The third-order valence-corrected chi connectivity index (χ3v) is 6.09. The Balaban J connectivity index is 1.61. The van der Waals surface area contributed by atoms with Gasteiger partial charge in [0.05, 0.1) is 19.3 Å². The van der Waals surface area contributed by atoms with Gasteiger partial charge in [0.15, 0.2) is 11.6 Å². The Bertz CT molecular complexity index is 845. The maximum atomic E-state index is 14.8. The predicted octanol–water partition coefficient (Wildman–Crippen LogP) is 8.00. The lowest BCUT2D eigenvalue weighted by Crippen LogP contribution is -2.21. The molecule has 1 aliphatic rings. The lowest BCUT2D eigenvalue weighted by Gasteiger charge is -2.29. The smallest absolute Gasteiger partial charge is 0.201 e. The van der Waals surface area contributed by atoms with Crippen molar-refractivity contribution in [2.24, 2.45) is 5.92 Å². The van der Waals surface area contributed by atoms with Crippen molar-refractivity contribution in [2.45, 2.75) is 71.3 Å². The molecule has 0 spiro atoms. The zero-order valence-corrected chi connectivity index (χ0v) is 18.6. The molecule has 1 saturated heterocycles. The molecule has 2 nitrogen and oxygen atoms in total. The standard InChI is InChI=1S/C26H33F3O2/c1-3-5-6-7-8-9-18-10-14-23(31-17-18)21-12-11-19(16-22(21)27)20-13-15-24(30-4-2)26(29)25(20)28/h11-13,15-16,18,23H,3-10,14,17H2,1-2H3. The van der Waals surface area contributed by atoms with Crippen LogP contribution < -0.4 is 4.74 Å². The summed E-state index contributed by atoms with van der Waals surface area (Å²) in [5.41, 5.74) is 0.789. The fraction of sp³-hybridized carbons (Fsp3) is 0.538. The number of ether oxygens (including phenoxy) is 2. The molecule has 5 heteroatoms. The van der Waals surface area contributed by atoms with Gasteiger partial charge in [-0.05, 0) is 55.9 Å². The number of hydrogen-bond acceptors (Lipinski definition) is 2. The van der Waals surface area contributed by atoms with Crippen molar-refractivity contribution < 1.29 is 22.6 Å². The highest BCUT2D eigenvalue weighted by molar-refractivity contribution is 5.66. The fourth-order valence-electron chi connectivity index (χ4n) is 4.29. The van der Waals surface area contributed by atoms with Gasteiger partial charge < -0.3 is 9.47 Å². The topological polar surface area (TPSA) is 18.5 Å². The second kappa shape index (κ2) is 11.6. The SMILES string of the molecule is CCCCCCCC1CCC(c2ccc(-c3ccc(OCC)c(F)c3F)cc2F)OC1. The maximum absolute atomic E-state index is 14.8. The second-order valence-electron chi connectivity index (χ2n) is 8.38. The molecule has 0 bridgehead atoms. The van der Waals surface area contributed by atoms with E-state index in [1.807, 2.05) is 0 Å². The van der Waals surface area contributed by atoms with Crippen LogP contribution in [0.5, 0.6) is 5.75 Å². The van der Waals surface area contributed by atoms with Gasteiger partial charge in [-0.3, -0.25) is 0 Å². The lowest BCUT2D eigenvalue weighted by molar-refractivity contribution is -0.0215. The van der Waals surface area contributed by atoms with Gasteiger partial charge in [-0.25, -0.2) is 8.78 Å². The molecule has 3 rings (SSSR count). The number of halogens is 3. The largest absolute Gasteiger partial charge is 0.491 e. The molecule has 1 aliphatic heterocycles. The van der Waals surface area contributed by atoms with Gasteiger partial charge in [0, 0.05) is 11.1 Å². The van der Waals surface area contributed by atoms with Crippen molar-refractivity contribution >= 4 is 0 Å². The summed E-state index contributed by atoms with van der Waals surface area (Å²) in [5.74, 6) is -2.14. The monoisotopic (exact) mass is 434 g/mol. The molecule has 2 unspecified atom stereocenters. The summed E-state index contributed by atoms with van der Waals surface area (Å²) in [6.07, 6.45) is 9.03. The Morgan fingerprint density at radius 2 is 1.74 bits per heavy atom. The molecule has 31 heavy (non-hydrogen) atoms. The van der Waals surface area contributed by atoms with E-state index in [0.29, 0.717) is 23.7 Å². The van der Waals surface area contributed by atoms with Crippen molar-refractivity contribution in [3.05, 3.63) is 53.3 Å². The summed E-state index contributed by atoms with van der Waals surface area (Å²) in [7, 11) is 0. The van der Waals surface area contributed by atoms with E-state index >= 15 is 0 Å². The predicted molar refractivity (Wildman–Crippen MR) is 118 cm³/mol. The Morgan fingerprint density at radius 1 is 0.935 bits per heavy atom. The fourth-order valence-corrected chi connectivity index (χ4v) is 4.29. The third-order valence-electron chi connectivity index (χ3n) is 6.09. The van der Waals surface area contributed by atoms with E-state index < -0.39 is 17.5 Å². The van der Waals surface area contributed by atoms with Crippen LogP contribution in [0.1, 0.15) is 76.9 Å². The first-order valence-corrected chi connectivity index (χ1v) is 11.6. The number of benzene rings is 2. The summed E-state index contributed by atoms with van der Waals surface area (Å²) in [6, 6.07) is 7.31. The van der Waals surface area contributed by atoms with Gasteiger partial charge in [-0.2, -0.15) is 4.39 Å². The average molecular weight is 435 g/mol. The number of hydrogen-bond donors (Lipinski definition) is 0. The van der Waals surface area contributed by atoms with E-state index in [1.165, 1.54) is 56.7 Å². The summed E-state index contributed by atoms with van der Waals surface area (Å²) >= 11 is 0. The quantitative estimate of drug-likeness (QED) is 0.353. The first-order chi connectivity index (χ1) is 15.0. The summed E-state index contributed by atoms with van der Waals surface area (Å²) in [4.78, 5) is 0. The van der Waals surface area contributed by atoms with E-state index in [4.69, 9.17) is 9.47 Å². The van der Waals surface area contributed by atoms with Gasteiger partial charge in [0.25, 0.3) is 0 Å². The first-order valence-electron chi connectivity index (χ1n) is 11.6. The van der Waals surface area contributed by atoms with E-state index in [-0.39, 0.29) is 24.0 Å². The van der Waals surface area contributed by atoms with Crippen LogP contribution in [-0.2, 0) is 4.74 Å². The van der Waals surface area contributed by atoms with E-state index in [0.717, 1.165) is 12.8 Å². The summed E-state index contributed by atoms with van der Waals surface area (Å²) < 4.78 is 54.5. The summed E-state index contributed by atoms with van der Waals surface area (Å²) in [5, 5.41) is 0. The minimum atomic E-state index is -1.06. The maximum Gasteiger partial charge on any atom is 0.201 e. The average Bonchev–Trinajstić information content (AvgIpc) is 2.77. The normalized spacial score (nSPS) is 18.9. The Morgan fingerprint density at radius 3 is 2.42 bits per heavy atom. The molecular formula is C26H33F3O2. The van der Waals surface area contributed by atoms with Crippen molar-refractivity contribution in [1.29, 1.82) is 0 Å². The van der Waals surface area contributed by atoms with Gasteiger partial charge in [-0.15, -0.1) is 0 Å². The van der Waals surface area contributed by atoms with E-state index in [1.54, 1.807) is 19.1 Å². The first kappa shape index (κ1) is 23.6. The molecule has 170 valence electrons. The minimum Gasteiger partial charge on any atom is -0.491 e. The summed E-state index contributed by atoms with van der Waals surface area (Å²) in [6.45, 7) is 4.80. The highest BCUT2D eigenvalue weighted by Crippen LogP contribution is 2.36. The van der Waals surface area contributed by atoms with Gasteiger partial charge in [0.2, 0.25) is 5.82 Å². The molecular weight excluding hydrogens is 401 g/mol. The van der Waals surface area contributed by atoms with Crippen LogP contribution in [0.3, 0.4) is 0 Å². The molecule has 0 amide bonds. The van der Waals surface area contributed by atoms with Crippen LogP contribution in [-0.4, -0.2) is 13.2 Å². The molecule has 2 aromatic rings. The zero-order chi connectivity index (χ0) is 22.2. The third kappa shape index (κ3) is 6.03. The van der Waals surface area contributed by atoms with Crippen molar-refractivity contribution in [3.63, 3.8) is 0 Å². The molecule has 1 fully saturated rings. The van der Waals surface area contributed by atoms with Crippen LogP contribution in [0.4, 0.5) is 13.2 Å². The lowest BCUT2D eigenvalue weighted by atomic mass is 9.90. The Kier molecular flexibility index (Phi) is 8.82. The highest BCUT2D eigenvalue weighted by atomic mass is 19.2. The van der Waals surface area contributed by atoms with Crippen molar-refractivity contribution in [2.75, 3.05) is 13.2 Å². The molecule has 2 atom stereocenters. The van der Waals surface area contributed by atoms with Gasteiger partial charge in [0.1, 0.15) is 5.82 Å². The van der Waals surface area contributed by atoms with Crippen molar-refractivity contribution in [1.82, 2.24) is 0 Å². The number of unbranched alkanes of at least 4 members (excludes halogenated alkanes) is 4. The Hall–Kier alpha value is -2.01. The van der Waals surface area contributed by atoms with Gasteiger partial charge >= 0.3 is 0 Å². The zero-order valence-electron chi connectivity index (χ0n) is 18.6. The van der Waals surface area contributed by atoms with Crippen LogP contribution in [0, 0.1) is 23.4 Å². The second-order valence-corrected chi connectivity index (χ2v) is 8.38. The van der Waals surface area contributed by atoms with E-state index in [2.05, 4.69) is 6.92 Å². The molecule has 0 aromatic heterocycles. The van der Waals surface area contributed by atoms with Crippen LogP contribution in [0.15, 0.2) is 30.3 Å². The van der Waals surface area contributed by atoms with Crippen LogP contribution >= 0.6 is 0 Å². The molecule has 0 saturated carbocycles. The minimum absolute atomic E-state index is 0.0131. The molecule has 0 radical (unpaired) electrons. The number of rotatable bonds is 10. The molecule has 0 N–H and O–H groups in total. The van der Waals surface area contributed by atoms with E-state index in [9.17, 15) is 13.2 Å². The Labute approximate surface area is 183 Å². The van der Waals surface area contributed by atoms with Crippen LogP contribution in [0.2, 0.25) is 0 Å². The molecule has 0 aliphatic carbocycles. The molecule has 2 aromatic carbocycles. The van der Waals surface area contributed by atoms with Crippen LogP contribution in [0.25, 0.3) is 11.1 Å². The highest BCUT2D eigenvalue weighted by Gasteiger charge is 2.25. The molecule has 1 heterocycles.